The summed E-state index contributed by atoms with van der Waals surface area (Å²) in [4.78, 5) is 0. The van der Waals surface area contributed by atoms with E-state index < -0.39 is 0 Å². The minimum Gasteiger partial charge on any atom is -0.307 e. The first-order chi connectivity index (χ1) is 2.50. The number of rotatable bonds is 0. The van der Waals surface area contributed by atoms with Gasteiger partial charge in [-0.15, -0.1) is 49.0 Å². The third-order valence-corrected chi connectivity index (χ3v) is 1.53. The lowest BCUT2D eigenvalue weighted by atomic mass is 10.8. The van der Waals surface area contributed by atoms with Crippen molar-refractivity contribution in [1.82, 2.24) is 5.32 Å². The van der Waals surface area contributed by atoms with Gasteiger partial charge in [0, 0.05) is 18.2 Å². The molecule has 1 heterocycles. The van der Waals surface area contributed by atoms with Crippen molar-refractivity contribution >= 4 is 49.0 Å². The van der Waals surface area contributed by atoms with Gasteiger partial charge in [0.15, 0.2) is 0 Å². The van der Waals surface area contributed by atoms with Crippen molar-refractivity contribution in [2.24, 2.45) is 0 Å². The molecule has 0 aromatic rings. The molecule has 0 spiro atoms. The van der Waals surface area contributed by atoms with Crippen molar-refractivity contribution in [2.75, 3.05) is 18.2 Å². The first-order valence-corrected chi connectivity index (χ1v) is 2.94. The minimum atomic E-state index is 0. The normalized spacial score (nSPS) is 15.0. The van der Waals surface area contributed by atoms with E-state index >= 15 is 0 Å². The third-order valence-electron chi connectivity index (χ3n) is 0.627. The molecule has 1 fully saturated rings. The molecule has 54 valence electrons. The van der Waals surface area contributed by atoms with Crippen LogP contribution in [-0.2, 0) is 0 Å². The smallest absolute Gasteiger partial charge is 0.0418 e. The summed E-state index contributed by atoms with van der Waals surface area (Å²) < 4.78 is 0. The van der Waals surface area contributed by atoms with Gasteiger partial charge in [-0.2, -0.15) is 0 Å². The highest BCUT2D eigenvalue weighted by atomic mass is 35.5. The van der Waals surface area contributed by atoms with Crippen molar-refractivity contribution < 1.29 is 0 Å². The van der Waals surface area contributed by atoms with E-state index in [-0.39, 0.29) is 37.2 Å². The van der Waals surface area contributed by atoms with Gasteiger partial charge < -0.3 is 5.32 Å². The highest BCUT2D eigenvalue weighted by molar-refractivity contribution is 7.99. The summed E-state index contributed by atoms with van der Waals surface area (Å²) in [6.07, 6.45) is 0. The average molecular weight is 199 g/mol. The van der Waals surface area contributed by atoms with Crippen molar-refractivity contribution in [1.29, 1.82) is 0 Å². The summed E-state index contributed by atoms with van der Waals surface area (Å²) in [5, 5.41) is 3.19. The number of hydrogen-bond donors (Lipinski definition) is 1. The van der Waals surface area contributed by atoms with Crippen LogP contribution in [0, 0.1) is 0 Å². The van der Waals surface area contributed by atoms with Crippen LogP contribution >= 0.6 is 49.0 Å². The Balaban J connectivity index is -0.0000000833. The van der Waals surface area contributed by atoms with Gasteiger partial charge >= 0.3 is 0 Å². The van der Waals surface area contributed by atoms with Crippen LogP contribution in [-0.4, -0.2) is 18.2 Å². The number of halogens is 3. The molecule has 0 radical (unpaired) electrons. The maximum atomic E-state index is 3.19. The quantitative estimate of drug-likeness (QED) is 0.634. The van der Waals surface area contributed by atoms with Crippen LogP contribution in [0.2, 0.25) is 0 Å². The minimum absolute atomic E-state index is 0. The molecule has 5 heteroatoms. The molecule has 1 aliphatic heterocycles. The van der Waals surface area contributed by atoms with E-state index in [1.54, 1.807) is 0 Å². The van der Waals surface area contributed by atoms with Gasteiger partial charge in [-0.1, -0.05) is 0 Å². The molecule has 0 aliphatic carbocycles. The van der Waals surface area contributed by atoms with Crippen LogP contribution in [0.5, 0.6) is 0 Å². The van der Waals surface area contributed by atoms with Gasteiger partial charge in [-0.25, -0.2) is 0 Å². The maximum Gasteiger partial charge on any atom is 0.0418 e. The Morgan fingerprint density at radius 1 is 1.12 bits per heavy atom. The zero-order chi connectivity index (χ0) is 3.54. The predicted octanol–water partition coefficient (Wildman–Crippen LogP) is 1.55. The Bertz CT molecular complexity index is 26.1. The fourth-order valence-corrected chi connectivity index (χ4v) is 1.08. The molecule has 8 heavy (non-hydrogen) atoms. The summed E-state index contributed by atoms with van der Waals surface area (Å²) in [7, 11) is 0. The summed E-state index contributed by atoms with van der Waals surface area (Å²) in [5.41, 5.74) is 0. The van der Waals surface area contributed by atoms with Crippen LogP contribution in [0.15, 0.2) is 0 Å². The van der Waals surface area contributed by atoms with Gasteiger partial charge in [-0.05, 0) is 0 Å². The van der Waals surface area contributed by atoms with Gasteiger partial charge in [-0.3, -0.25) is 0 Å². The molecule has 0 aromatic carbocycles. The fraction of sp³-hybridized carbons (Fsp3) is 1.00. The highest BCUT2D eigenvalue weighted by Crippen LogP contribution is 1.99. The van der Waals surface area contributed by atoms with Crippen LogP contribution in [0.1, 0.15) is 0 Å². The zero-order valence-corrected chi connectivity index (χ0v) is 7.52. The van der Waals surface area contributed by atoms with Crippen molar-refractivity contribution in [2.45, 2.75) is 0 Å². The van der Waals surface area contributed by atoms with E-state index in [0.717, 1.165) is 0 Å². The molecule has 1 rings (SSSR count). The van der Waals surface area contributed by atoms with Gasteiger partial charge in [0.1, 0.15) is 0 Å². The van der Waals surface area contributed by atoms with E-state index in [9.17, 15) is 0 Å². The van der Waals surface area contributed by atoms with E-state index in [4.69, 9.17) is 0 Å². The molecule has 1 N–H and O–H groups in total. The molecular weight excluding hydrogens is 188 g/mol. The van der Waals surface area contributed by atoms with Gasteiger partial charge in [0.2, 0.25) is 0 Å². The fourth-order valence-electron chi connectivity index (χ4n) is 0.361. The van der Waals surface area contributed by atoms with E-state index in [1.165, 1.54) is 18.2 Å². The molecular formula is C3H10Cl3NS. The second-order valence-electron chi connectivity index (χ2n) is 1.05. The molecule has 1 nitrogen and oxygen atoms in total. The predicted molar refractivity (Wildman–Crippen MR) is 47.1 cm³/mol. The molecule has 0 bridgehead atoms. The summed E-state index contributed by atoms with van der Waals surface area (Å²) >= 11 is 1.96. The van der Waals surface area contributed by atoms with Crippen molar-refractivity contribution in [3.8, 4) is 0 Å². The van der Waals surface area contributed by atoms with Crippen LogP contribution < -0.4 is 5.32 Å². The second kappa shape index (κ2) is 11.0. The molecule has 0 unspecified atom stereocenters. The summed E-state index contributed by atoms with van der Waals surface area (Å²) in [5.74, 6) is 2.47. The van der Waals surface area contributed by atoms with Crippen LogP contribution in [0.4, 0.5) is 0 Å². The monoisotopic (exact) mass is 197 g/mol. The van der Waals surface area contributed by atoms with E-state index in [2.05, 4.69) is 5.32 Å². The highest BCUT2D eigenvalue weighted by Gasteiger charge is 1.93. The Morgan fingerprint density at radius 3 is 1.88 bits per heavy atom. The topological polar surface area (TPSA) is 12.0 Å². The van der Waals surface area contributed by atoms with Gasteiger partial charge in [0.05, 0.1) is 0 Å². The zero-order valence-electron chi connectivity index (χ0n) is 4.25. The number of nitrogens with one attached hydrogen (secondary N) is 1. The largest absolute Gasteiger partial charge is 0.307 e. The lowest BCUT2D eigenvalue weighted by Gasteiger charge is -1.74. The molecule has 0 amide bonds. The summed E-state index contributed by atoms with van der Waals surface area (Å²) in [6, 6.07) is 0. The first-order valence-electron chi connectivity index (χ1n) is 1.78. The van der Waals surface area contributed by atoms with Crippen molar-refractivity contribution in [3.05, 3.63) is 0 Å². The summed E-state index contributed by atoms with van der Waals surface area (Å²) in [6.45, 7) is 1.21. The van der Waals surface area contributed by atoms with Crippen LogP contribution in [0.25, 0.3) is 0 Å². The second-order valence-corrected chi connectivity index (χ2v) is 2.16. The Hall–Kier alpha value is 1.18. The Kier molecular flexibility index (Phi) is 22.2. The lowest BCUT2D eigenvalue weighted by molar-refractivity contribution is 0.885. The maximum absolute atomic E-state index is 3.19. The standard InChI is InChI=1S/C3H7NS.3ClH/c1-2-5-3-4-1;;;/h4H,1-3H2;3*1H. The SMILES string of the molecule is C1CSCN1.Cl.Cl.Cl. The van der Waals surface area contributed by atoms with Crippen LogP contribution in [0.3, 0.4) is 0 Å². The lowest BCUT2D eigenvalue weighted by Crippen LogP contribution is -2.04. The molecule has 0 saturated carbocycles. The number of hydrogen-bond acceptors (Lipinski definition) is 2. The Labute approximate surface area is 72.6 Å². The molecule has 1 aliphatic rings. The number of thioether (sulfide) groups is 1. The van der Waals surface area contributed by atoms with E-state index in [0.29, 0.717) is 0 Å². The van der Waals surface area contributed by atoms with Gasteiger partial charge in [0.25, 0.3) is 0 Å². The molecule has 0 atom stereocenters. The Morgan fingerprint density at radius 2 is 1.75 bits per heavy atom. The first kappa shape index (κ1) is 16.1. The molecule has 1 saturated heterocycles. The van der Waals surface area contributed by atoms with Crippen molar-refractivity contribution in [3.63, 3.8) is 0 Å². The third kappa shape index (κ3) is 7.18. The van der Waals surface area contributed by atoms with E-state index in [1.807, 2.05) is 11.8 Å². The average Bonchev–Trinajstić information content (AvgIpc) is 1.76. The molecule has 0 aromatic heterocycles.